The van der Waals surface area contributed by atoms with E-state index < -0.39 is 18.3 Å². The maximum absolute atomic E-state index is 10.4. The summed E-state index contributed by atoms with van der Waals surface area (Å²) in [5.74, 6) is -0.394. The Balaban J connectivity index is 3.58. The van der Waals surface area contributed by atoms with Gasteiger partial charge >= 0.3 is 0 Å². The molecule has 32 heavy (non-hydrogen) atoms. The molecule has 194 valence electrons. The first-order chi connectivity index (χ1) is 15.6. The van der Waals surface area contributed by atoms with Crippen molar-refractivity contribution in [3.63, 3.8) is 0 Å². The Morgan fingerprint density at radius 3 is 1.16 bits per heavy atom. The topological polar surface area (TPSA) is 80.9 Å². The fourth-order valence-electron chi connectivity index (χ4n) is 4.68. The molecule has 0 spiro atoms. The lowest BCUT2D eigenvalue weighted by Gasteiger charge is -2.24. The van der Waals surface area contributed by atoms with Crippen molar-refractivity contribution < 1.29 is 20.4 Å². The average Bonchev–Trinajstić information content (AvgIpc) is 2.77. The molecule has 0 heterocycles. The van der Waals surface area contributed by atoms with Gasteiger partial charge in [-0.2, -0.15) is 0 Å². The summed E-state index contributed by atoms with van der Waals surface area (Å²) in [4.78, 5) is 0. The summed E-state index contributed by atoms with van der Waals surface area (Å²) in [5, 5.41) is 38.6. The largest absolute Gasteiger partial charge is 0.396 e. The summed E-state index contributed by atoms with van der Waals surface area (Å²) in [6.07, 6.45) is 25.2. The molecule has 0 aromatic carbocycles. The molecule has 0 aromatic rings. The third-order valence-corrected chi connectivity index (χ3v) is 6.93. The average molecular weight is 459 g/mol. The third kappa shape index (κ3) is 21.7. The molecule has 4 nitrogen and oxygen atoms in total. The zero-order valence-electron chi connectivity index (χ0n) is 21.5. The van der Waals surface area contributed by atoms with Crippen LogP contribution in [0.3, 0.4) is 0 Å². The smallest absolute Gasteiger partial charge is 0.156 e. The molecule has 0 bridgehead atoms. The van der Waals surface area contributed by atoms with Crippen LogP contribution in [0.2, 0.25) is 0 Å². The van der Waals surface area contributed by atoms with Crippen LogP contribution in [-0.4, -0.2) is 39.4 Å². The second-order valence-electron chi connectivity index (χ2n) is 10.0. The molecule has 0 aliphatic heterocycles. The monoisotopic (exact) mass is 458 g/mol. The predicted molar refractivity (Wildman–Crippen MR) is 137 cm³/mol. The normalized spacial score (nSPS) is 13.7. The summed E-state index contributed by atoms with van der Waals surface area (Å²) in [6, 6.07) is 0. The highest BCUT2D eigenvalue weighted by Gasteiger charge is 2.24. The Hall–Kier alpha value is -0.160. The van der Waals surface area contributed by atoms with Crippen molar-refractivity contribution in [2.45, 2.75) is 167 Å². The first-order valence-electron chi connectivity index (χ1n) is 14.3. The summed E-state index contributed by atoms with van der Waals surface area (Å²) in [7, 11) is 0. The van der Waals surface area contributed by atoms with Crippen molar-refractivity contribution >= 4 is 0 Å². The summed E-state index contributed by atoms with van der Waals surface area (Å²) in [6.45, 7) is 2.58. The minimum absolute atomic E-state index is 0.325. The first kappa shape index (κ1) is 31.8. The van der Waals surface area contributed by atoms with E-state index in [9.17, 15) is 15.3 Å². The van der Waals surface area contributed by atoms with Crippen molar-refractivity contribution in [1.29, 1.82) is 0 Å². The van der Waals surface area contributed by atoms with E-state index in [0.29, 0.717) is 19.4 Å². The van der Waals surface area contributed by atoms with E-state index in [1.807, 2.05) is 0 Å². The molecule has 4 heteroatoms. The summed E-state index contributed by atoms with van der Waals surface area (Å²) in [5.41, 5.74) is 0. The predicted octanol–water partition coefficient (Wildman–Crippen LogP) is 7.26. The summed E-state index contributed by atoms with van der Waals surface area (Å²) < 4.78 is 0. The zero-order valence-corrected chi connectivity index (χ0v) is 21.5. The van der Waals surface area contributed by atoms with Crippen molar-refractivity contribution in [3.8, 4) is 0 Å². The molecule has 0 saturated heterocycles. The van der Waals surface area contributed by atoms with Crippen molar-refractivity contribution in [3.05, 3.63) is 0 Å². The number of aliphatic hydroxyl groups excluding tert-OH is 3. The van der Waals surface area contributed by atoms with Gasteiger partial charge < -0.3 is 20.4 Å². The Bertz CT molecular complexity index is 348. The van der Waals surface area contributed by atoms with Gasteiger partial charge in [-0.1, -0.05) is 135 Å². The molecule has 0 fully saturated rings. The van der Waals surface area contributed by atoms with Gasteiger partial charge in [0.25, 0.3) is 0 Å². The molecule has 0 amide bonds. The molecule has 0 radical (unpaired) electrons. The van der Waals surface area contributed by atoms with Gasteiger partial charge in [-0.05, 0) is 19.3 Å². The molecule has 0 aliphatic carbocycles. The molecular weight excluding hydrogens is 400 g/mol. The van der Waals surface area contributed by atoms with E-state index in [2.05, 4.69) is 6.92 Å². The van der Waals surface area contributed by atoms with Gasteiger partial charge in [0, 0.05) is 12.5 Å². The van der Waals surface area contributed by atoms with Crippen molar-refractivity contribution in [2.24, 2.45) is 5.92 Å². The minimum Gasteiger partial charge on any atom is -0.396 e. The number of aliphatic hydroxyl groups is 4. The molecule has 0 aliphatic rings. The molecule has 2 unspecified atom stereocenters. The van der Waals surface area contributed by atoms with E-state index in [0.717, 1.165) is 38.5 Å². The van der Waals surface area contributed by atoms with Gasteiger partial charge in [0.05, 0.1) is 6.10 Å². The number of rotatable bonds is 26. The molecule has 0 rings (SSSR count). The second kappa shape index (κ2) is 25.5. The Labute approximate surface area is 200 Å². The second-order valence-corrected chi connectivity index (χ2v) is 10.0. The molecule has 0 aromatic heterocycles. The molecule has 4 N–H and O–H groups in total. The van der Waals surface area contributed by atoms with Crippen LogP contribution in [-0.2, 0) is 0 Å². The van der Waals surface area contributed by atoms with Crippen LogP contribution in [0.5, 0.6) is 0 Å². The zero-order chi connectivity index (χ0) is 23.7. The van der Waals surface area contributed by atoms with Gasteiger partial charge in [-0.3, -0.25) is 0 Å². The summed E-state index contributed by atoms with van der Waals surface area (Å²) >= 11 is 0. The highest BCUT2D eigenvalue weighted by Crippen LogP contribution is 2.22. The standard InChI is InChI=1S/C28H58O4/c1-2-3-4-5-6-7-11-14-17-20-23-26(28(31)32)27(30)24-21-18-15-12-9-8-10-13-16-19-22-25-29/h26-32H,2-25H2,1H3. The van der Waals surface area contributed by atoms with Gasteiger partial charge in [0.2, 0.25) is 0 Å². The minimum atomic E-state index is -1.40. The van der Waals surface area contributed by atoms with E-state index in [-0.39, 0.29) is 0 Å². The fraction of sp³-hybridized carbons (Fsp3) is 1.00. The van der Waals surface area contributed by atoms with E-state index in [4.69, 9.17) is 5.11 Å². The van der Waals surface area contributed by atoms with Crippen LogP contribution in [0.4, 0.5) is 0 Å². The van der Waals surface area contributed by atoms with Gasteiger partial charge in [0.1, 0.15) is 0 Å². The maximum Gasteiger partial charge on any atom is 0.156 e. The highest BCUT2D eigenvalue weighted by molar-refractivity contribution is 4.71. The van der Waals surface area contributed by atoms with Crippen molar-refractivity contribution in [1.82, 2.24) is 0 Å². The SMILES string of the molecule is CCCCCCCCCCCCC(C(O)O)C(O)CCCCCCCCCCCCCO. The van der Waals surface area contributed by atoms with Crippen LogP contribution >= 0.6 is 0 Å². The number of hydrogen-bond acceptors (Lipinski definition) is 4. The van der Waals surface area contributed by atoms with E-state index in [1.165, 1.54) is 96.3 Å². The highest BCUT2D eigenvalue weighted by atomic mass is 16.5. The third-order valence-electron chi connectivity index (χ3n) is 6.93. The Morgan fingerprint density at radius 2 is 0.781 bits per heavy atom. The van der Waals surface area contributed by atoms with Crippen molar-refractivity contribution in [2.75, 3.05) is 6.61 Å². The lowest BCUT2D eigenvalue weighted by Crippen LogP contribution is -2.31. The maximum atomic E-state index is 10.4. The number of unbranched alkanes of at least 4 members (excludes halogenated alkanes) is 19. The molecule has 0 saturated carbocycles. The van der Waals surface area contributed by atoms with Crippen LogP contribution in [0.15, 0.2) is 0 Å². The fourth-order valence-corrected chi connectivity index (χ4v) is 4.68. The van der Waals surface area contributed by atoms with E-state index >= 15 is 0 Å². The van der Waals surface area contributed by atoms with E-state index in [1.54, 1.807) is 0 Å². The molecule has 2 atom stereocenters. The quantitative estimate of drug-likeness (QED) is 0.0812. The van der Waals surface area contributed by atoms with Gasteiger partial charge in [-0.25, -0.2) is 0 Å². The Morgan fingerprint density at radius 1 is 0.438 bits per heavy atom. The number of hydrogen-bond donors (Lipinski definition) is 4. The van der Waals surface area contributed by atoms with Crippen LogP contribution in [0.25, 0.3) is 0 Å². The van der Waals surface area contributed by atoms with Gasteiger partial charge in [0.15, 0.2) is 6.29 Å². The Kier molecular flexibility index (Phi) is 25.3. The van der Waals surface area contributed by atoms with Crippen LogP contribution < -0.4 is 0 Å². The lowest BCUT2D eigenvalue weighted by molar-refractivity contribution is -0.122. The molecular formula is C28H58O4. The lowest BCUT2D eigenvalue weighted by atomic mass is 9.91. The van der Waals surface area contributed by atoms with Crippen LogP contribution in [0, 0.1) is 5.92 Å². The van der Waals surface area contributed by atoms with Gasteiger partial charge in [-0.15, -0.1) is 0 Å². The van der Waals surface area contributed by atoms with Crippen LogP contribution in [0.1, 0.15) is 155 Å². The first-order valence-corrected chi connectivity index (χ1v) is 14.3.